The number of fused-ring (bicyclic) bond motifs is 3. The Morgan fingerprint density at radius 1 is 0.643 bits per heavy atom. The zero-order valence-corrected chi connectivity index (χ0v) is 15.2. The predicted molar refractivity (Wildman–Crippen MR) is 116 cm³/mol. The highest BCUT2D eigenvalue weighted by atomic mass is 16.5. The largest absolute Gasteiger partial charge is 0.539 e. The van der Waals surface area contributed by atoms with Gasteiger partial charge in [0.25, 0.3) is 0 Å². The maximum absolute atomic E-state index is 9.10. The summed E-state index contributed by atoms with van der Waals surface area (Å²) in [5.74, 6) is 0.663. The van der Waals surface area contributed by atoms with Crippen molar-refractivity contribution in [3.8, 4) is 22.6 Å². The Labute approximate surface area is 163 Å². The molecular formula is C24H18BNO2. The van der Waals surface area contributed by atoms with Crippen LogP contribution in [0.2, 0.25) is 0 Å². The molecule has 4 heteroatoms. The molecule has 0 aliphatic heterocycles. The zero-order chi connectivity index (χ0) is 18.9. The normalized spacial score (nSPS) is 11.0. The second-order valence-electron chi connectivity index (χ2n) is 6.72. The third-order valence-corrected chi connectivity index (χ3v) is 5.09. The lowest BCUT2D eigenvalue weighted by molar-refractivity contribution is 0.454. The van der Waals surface area contributed by atoms with Crippen LogP contribution >= 0.6 is 0 Å². The minimum Gasteiger partial charge on any atom is -0.539 e. The SMILES string of the molecule is OBOc1ccc2c(c1)c1ccccc1n2-c1cccc(-c2ccccc2)c1. The highest BCUT2D eigenvalue weighted by molar-refractivity contribution is 6.17. The van der Waals surface area contributed by atoms with Gasteiger partial charge in [-0.3, -0.25) is 0 Å². The fourth-order valence-corrected chi connectivity index (χ4v) is 3.85. The molecule has 0 fully saturated rings. The van der Waals surface area contributed by atoms with Crippen LogP contribution in [0, 0.1) is 0 Å². The van der Waals surface area contributed by atoms with Crippen molar-refractivity contribution < 1.29 is 9.68 Å². The Morgan fingerprint density at radius 3 is 2.25 bits per heavy atom. The molecule has 0 aliphatic carbocycles. The van der Waals surface area contributed by atoms with E-state index in [2.05, 4.69) is 77.4 Å². The van der Waals surface area contributed by atoms with Gasteiger partial charge in [0.1, 0.15) is 5.75 Å². The molecule has 0 atom stereocenters. The number of rotatable bonds is 4. The van der Waals surface area contributed by atoms with Gasteiger partial charge < -0.3 is 14.2 Å². The highest BCUT2D eigenvalue weighted by Gasteiger charge is 2.13. The number of nitrogens with zero attached hydrogens (tertiary/aromatic N) is 1. The van der Waals surface area contributed by atoms with Crippen LogP contribution in [-0.4, -0.2) is 17.3 Å². The maximum Gasteiger partial charge on any atom is 0.504 e. The molecular weight excluding hydrogens is 345 g/mol. The molecule has 0 aliphatic rings. The van der Waals surface area contributed by atoms with Crippen LogP contribution in [0.25, 0.3) is 38.6 Å². The van der Waals surface area contributed by atoms with Crippen LogP contribution in [0.4, 0.5) is 0 Å². The van der Waals surface area contributed by atoms with E-state index in [1.807, 2.05) is 24.3 Å². The van der Waals surface area contributed by atoms with Crippen LogP contribution in [0.3, 0.4) is 0 Å². The molecule has 28 heavy (non-hydrogen) atoms. The first-order chi connectivity index (χ1) is 13.8. The molecule has 0 saturated heterocycles. The molecule has 1 aromatic heterocycles. The van der Waals surface area contributed by atoms with E-state index in [9.17, 15) is 0 Å². The van der Waals surface area contributed by atoms with Gasteiger partial charge in [0.15, 0.2) is 0 Å². The van der Waals surface area contributed by atoms with Gasteiger partial charge in [-0.1, -0.05) is 60.7 Å². The molecule has 0 saturated carbocycles. The number of hydrogen-bond acceptors (Lipinski definition) is 2. The Bertz CT molecular complexity index is 1280. The fourth-order valence-electron chi connectivity index (χ4n) is 3.85. The van der Waals surface area contributed by atoms with Gasteiger partial charge in [-0.25, -0.2) is 0 Å². The van der Waals surface area contributed by atoms with Gasteiger partial charge >= 0.3 is 7.69 Å². The lowest BCUT2D eigenvalue weighted by atomic mass is 10.1. The summed E-state index contributed by atoms with van der Waals surface area (Å²) in [6.07, 6.45) is 0. The Balaban J connectivity index is 1.77. The number of benzene rings is 4. The summed E-state index contributed by atoms with van der Waals surface area (Å²) in [6, 6.07) is 33.3. The van der Waals surface area contributed by atoms with Crippen molar-refractivity contribution in [3.63, 3.8) is 0 Å². The fraction of sp³-hybridized carbons (Fsp3) is 0. The van der Waals surface area contributed by atoms with Crippen molar-refractivity contribution in [1.29, 1.82) is 0 Å². The van der Waals surface area contributed by atoms with Crippen LogP contribution in [0.1, 0.15) is 0 Å². The van der Waals surface area contributed by atoms with E-state index < -0.39 is 0 Å². The molecule has 3 nitrogen and oxygen atoms in total. The van der Waals surface area contributed by atoms with E-state index in [0.29, 0.717) is 5.75 Å². The first-order valence-electron chi connectivity index (χ1n) is 9.28. The Hall–Kier alpha value is -3.50. The van der Waals surface area contributed by atoms with Crippen molar-refractivity contribution in [2.75, 3.05) is 0 Å². The van der Waals surface area contributed by atoms with Crippen molar-refractivity contribution >= 4 is 29.5 Å². The third-order valence-electron chi connectivity index (χ3n) is 5.09. The summed E-state index contributed by atoms with van der Waals surface area (Å²) in [5, 5.41) is 11.4. The second-order valence-corrected chi connectivity index (χ2v) is 6.72. The van der Waals surface area contributed by atoms with E-state index in [0.717, 1.165) is 27.5 Å². The minimum atomic E-state index is -0.330. The third kappa shape index (κ3) is 2.75. The molecule has 1 N–H and O–H groups in total. The Morgan fingerprint density at radius 2 is 1.39 bits per heavy atom. The van der Waals surface area contributed by atoms with Gasteiger partial charge in [0.2, 0.25) is 0 Å². The first kappa shape index (κ1) is 16.7. The van der Waals surface area contributed by atoms with Crippen molar-refractivity contribution in [3.05, 3.63) is 97.1 Å². The van der Waals surface area contributed by atoms with Gasteiger partial charge in [0, 0.05) is 16.5 Å². The molecule has 0 amide bonds. The number of aromatic nitrogens is 1. The average Bonchev–Trinajstić information content (AvgIpc) is 3.09. The van der Waals surface area contributed by atoms with Crippen LogP contribution in [0.5, 0.6) is 5.75 Å². The lowest BCUT2D eigenvalue weighted by Gasteiger charge is -2.10. The molecule has 0 bridgehead atoms. The van der Waals surface area contributed by atoms with E-state index in [1.54, 1.807) is 0 Å². The first-order valence-corrected chi connectivity index (χ1v) is 9.28. The quantitative estimate of drug-likeness (QED) is 0.452. The van der Waals surface area contributed by atoms with Crippen molar-refractivity contribution in [2.45, 2.75) is 0 Å². The van der Waals surface area contributed by atoms with Gasteiger partial charge in [-0.2, -0.15) is 0 Å². The lowest BCUT2D eigenvalue weighted by Crippen LogP contribution is -1.99. The molecule has 0 unspecified atom stereocenters. The molecule has 5 aromatic rings. The Kier molecular flexibility index (Phi) is 4.11. The molecule has 0 radical (unpaired) electrons. The summed E-state index contributed by atoms with van der Waals surface area (Å²) in [7, 11) is -0.330. The minimum absolute atomic E-state index is 0.330. The summed E-state index contributed by atoms with van der Waals surface area (Å²) < 4.78 is 7.58. The average molecular weight is 363 g/mol. The highest BCUT2D eigenvalue weighted by Crippen LogP contribution is 2.35. The summed E-state index contributed by atoms with van der Waals surface area (Å²) in [4.78, 5) is 0. The van der Waals surface area contributed by atoms with E-state index >= 15 is 0 Å². The second kappa shape index (κ2) is 6.91. The van der Waals surface area contributed by atoms with Crippen LogP contribution < -0.4 is 4.65 Å². The van der Waals surface area contributed by atoms with Crippen LogP contribution in [-0.2, 0) is 0 Å². The number of para-hydroxylation sites is 1. The molecule has 4 aromatic carbocycles. The topological polar surface area (TPSA) is 34.4 Å². The summed E-state index contributed by atoms with van der Waals surface area (Å²) >= 11 is 0. The maximum atomic E-state index is 9.10. The van der Waals surface area contributed by atoms with E-state index in [-0.39, 0.29) is 7.69 Å². The van der Waals surface area contributed by atoms with Gasteiger partial charge in [-0.15, -0.1) is 0 Å². The standard InChI is InChI=1S/C24H18BNO2/c27-25-28-20-13-14-24-22(16-20)21-11-4-5-12-23(21)26(24)19-10-6-9-18(15-19)17-7-2-1-3-8-17/h1-16,25,27H. The van der Waals surface area contributed by atoms with E-state index in [1.165, 1.54) is 11.1 Å². The van der Waals surface area contributed by atoms with Crippen molar-refractivity contribution in [1.82, 2.24) is 4.57 Å². The predicted octanol–water partition coefficient (Wildman–Crippen LogP) is 5.09. The monoisotopic (exact) mass is 363 g/mol. The van der Waals surface area contributed by atoms with Crippen LogP contribution in [0.15, 0.2) is 97.1 Å². The molecule has 0 spiro atoms. The van der Waals surface area contributed by atoms with Crippen molar-refractivity contribution in [2.24, 2.45) is 0 Å². The molecule has 1 heterocycles. The molecule has 5 rings (SSSR count). The zero-order valence-electron chi connectivity index (χ0n) is 15.2. The molecule has 134 valence electrons. The van der Waals surface area contributed by atoms with Gasteiger partial charge in [-0.05, 0) is 47.5 Å². The smallest absolute Gasteiger partial charge is 0.504 e. The van der Waals surface area contributed by atoms with Gasteiger partial charge in [0.05, 0.1) is 11.0 Å². The summed E-state index contributed by atoms with van der Waals surface area (Å²) in [5.41, 5.74) is 5.75. The summed E-state index contributed by atoms with van der Waals surface area (Å²) in [6.45, 7) is 0. The number of hydrogen-bond donors (Lipinski definition) is 1. The van der Waals surface area contributed by atoms with E-state index in [4.69, 9.17) is 9.68 Å².